The van der Waals surface area contributed by atoms with Gasteiger partial charge >= 0.3 is 0 Å². The average molecular weight is 389 g/mol. The van der Waals surface area contributed by atoms with E-state index in [0.29, 0.717) is 19.8 Å². The van der Waals surface area contributed by atoms with Crippen LogP contribution < -0.4 is 9.64 Å². The van der Waals surface area contributed by atoms with Crippen molar-refractivity contribution in [2.24, 2.45) is 5.92 Å². The van der Waals surface area contributed by atoms with Gasteiger partial charge in [-0.2, -0.15) is 4.98 Å². The maximum atomic E-state index is 14.5. The zero-order chi connectivity index (χ0) is 17.9. The number of ether oxygens (including phenoxy) is 2. The summed E-state index contributed by atoms with van der Waals surface area (Å²) in [7, 11) is -2.01. The Labute approximate surface area is 147 Å². The first-order chi connectivity index (χ1) is 11.8. The molecule has 0 radical (unpaired) electrons. The molecule has 0 aliphatic carbocycles. The third kappa shape index (κ3) is 2.59. The van der Waals surface area contributed by atoms with E-state index in [1.807, 2.05) is 0 Å². The number of hydrogen-bond acceptors (Lipinski definition) is 8. The average Bonchev–Trinajstić information content (AvgIpc) is 3.01. The topological polar surface area (TPSA) is 94.5 Å². The van der Waals surface area contributed by atoms with Crippen molar-refractivity contribution in [3.63, 3.8) is 0 Å². The summed E-state index contributed by atoms with van der Waals surface area (Å²) in [5.41, 5.74) is -0.232. The van der Waals surface area contributed by atoms with Crippen LogP contribution in [0.1, 0.15) is 0 Å². The number of fused-ring (bicyclic) bond motifs is 1. The Hall–Kier alpha value is -1.78. The van der Waals surface area contributed by atoms with Crippen molar-refractivity contribution in [1.29, 1.82) is 0 Å². The molecule has 2 atom stereocenters. The van der Waals surface area contributed by atoms with Crippen molar-refractivity contribution in [1.82, 2.24) is 15.0 Å². The number of anilines is 1. The zero-order valence-electron chi connectivity index (χ0n) is 13.4. The van der Waals surface area contributed by atoms with E-state index in [1.165, 1.54) is 0 Å². The second kappa shape index (κ2) is 5.61. The molecule has 2 aliphatic rings. The fourth-order valence-corrected chi connectivity index (χ4v) is 3.80. The zero-order valence-corrected chi connectivity index (χ0v) is 14.9. The number of likely N-dealkylation sites (N-methyl/N-ethyl adjacent to an activating group) is 1. The minimum Gasteiger partial charge on any atom is -0.477 e. The maximum absolute atomic E-state index is 14.5. The van der Waals surface area contributed by atoms with Crippen LogP contribution in [0.5, 0.6) is 5.88 Å². The van der Waals surface area contributed by atoms with Crippen LogP contribution in [0.25, 0.3) is 10.9 Å². The lowest BCUT2D eigenvalue weighted by molar-refractivity contribution is 0.166. The molecule has 11 heteroatoms. The predicted molar refractivity (Wildman–Crippen MR) is 87.4 cm³/mol. The Balaban J connectivity index is 2.09. The van der Waals surface area contributed by atoms with Crippen LogP contribution >= 0.6 is 11.6 Å². The SMILES string of the molecule is CN1c2nc(S(C)(=O)=O)nc3c(F)c(Cl)nc(c23)OC[C@@H]2COC[C@H]21. The lowest BCUT2D eigenvalue weighted by Crippen LogP contribution is -2.41. The van der Waals surface area contributed by atoms with E-state index in [4.69, 9.17) is 21.1 Å². The molecule has 4 heterocycles. The van der Waals surface area contributed by atoms with Crippen molar-refractivity contribution < 1.29 is 22.3 Å². The molecule has 25 heavy (non-hydrogen) atoms. The lowest BCUT2D eigenvalue weighted by Gasteiger charge is -2.32. The van der Waals surface area contributed by atoms with Crippen LogP contribution in [0, 0.1) is 11.7 Å². The standard InChI is InChI=1S/C14H14ClFN4O4S/c1-20-7-5-23-3-6(7)4-24-13-8-10(9(16)11(15)18-13)17-14(19-12(8)20)25(2,21)22/h6-7H,3-5H2,1-2H3/t6-,7+/m0/s1. The monoisotopic (exact) mass is 388 g/mol. The molecule has 1 saturated heterocycles. The third-order valence-corrected chi connectivity index (χ3v) is 5.53. The highest BCUT2D eigenvalue weighted by atomic mass is 35.5. The number of hydrogen-bond donors (Lipinski definition) is 0. The molecule has 1 fully saturated rings. The summed E-state index contributed by atoms with van der Waals surface area (Å²) in [4.78, 5) is 13.7. The summed E-state index contributed by atoms with van der Waals surface area (Å²) in [6.45, 7) is 1.24. The van der Waals surface area contributed by atoms with Crippen molar-refractivity contribution in [3.05, 3.63) is 11.0 Å². The van der Waals surface area contributed by atoms with Crippen molar-refractivity contribution in [2.75, 3.05) is 38.0 Å². The van der Waals surface area contributed by atoms with E-state index >= 15 is 0 Å². The molecular formula is C14H14ClFN4O4S. The largest absolute Gasteiger partial charge is 0.477 e. The molecule has 0 amide bonds. The van der Waals surface area contributed by atoms with Gasteiger partial charge in [0.25, 0.3) is 0 Å². The van der Waals surface area contributed by atoms with Crippen LogP contribution in [-0.4, -0.2) is 62.5 Å². The normalized spacial score (nSPS) is 23.1. The quantitative estimate of drug-likeness (QED) is 0.529. The molecule has 4 rings (SSSR count). The number of nitrogens with zero attached hydrogens (tertiary/aromatic N) is 4. The summed E-state index contributed by atoms with van der Waals surface area (Å²) in [6, 6.07) is -0.0857. The first-order valence-electron chi connectivity index (χ1n) is 7.47. The predicted octanol–water partition coefficient (Wildman–Crippen LogP) is 1.06. The van der Waals surface area contributed by atoms with E-state index in [0.717, 1.165) is 6.26 Å². The molecule has 0 N–H and O–H groups in total. The minimum atomic E-state index is -3.76. The van der Waals surface area contributed by atoms with Crippen LogP contribution in [0.4, 0.5) is 10.2 Å². The van der Waals surface area contributed by atoms with Gasteiger partial charge in [0.2, 0.25) is 20.9 Å². The molecule has 2 aromatic heterocycles. The molecule has 0 saturated carbocycles. The van der Waals surface area contributed by atoms with E-state index in [-0.39, 0.29) is 34.6 Å². The van der Waals surface area contributed by atoms with E-state index in [2.05, 4.69) is 15.0 Å². The van der Waals surface area contributed by atoms with Crippen LogP contribution in [0.3, 0.4) is 0 Å². The fourth-order valence-electron chi connectivity index (χ4n) is 3.12. The number of aromatic nitrogens is 3. The van der Waals surface area contributed by atoms with Gasteiger partial charge in [0.15, 0.2) is 11.0 Å². The van der Waals surface area contributed by atoms with Gasteiger partial charge in [-0.1, -0.05) is 11.6 Å². The second-order valence-electron chi connectivity index (χ2n) is 6.13. The molecule has 8 nitrogen and oxygen atoms in total. The van der Waals surface area contributed by atoms with E-state index in [1.54, 1.807) is 11.9 Å². The van der Waals surface area contributed by atoms with Gasteiger partial charge in [0, 0.05) is 19.2 Å². The third-order valence-electron chi connectivity index (χ3n) is 4.43. The molecule has 0 aromatic carbocycles. The lowest BCUT2D eigenvalue weighted by atomic mass is 10.0. The second-order valence-corrected chi connectivity index (χ2v) is 8.40. The van der Waals surface area contributed by atoms with E-state index in [9.17, 15) is 12.8 Å². The van der Waals surface area contributed by atoms with Gasteiger partial charge in [0.05, 0.1) is 25.9 Å². The summed E-state index contributed by atoms with van der Waals surface area (Å²) in [5.74, 6) is -0.571. The molecule has 2 aliphatic heterocycles. The minimum absolute atomic E-state index is 0.0375. The van der Waals surface area contributed by atoms with Gasteiger partial charge in [0.1, 0.15) is 16.7 Å². The van der Waals surface area contributed by atoms with Crippen LogP contribution in [-0.2, 0) is 14.6 Å². The smallest absolute Gasteiger partial charge is 0.249 e. The van der Waals surface area contributed by atoms with Gasteiger partial charge in [-0.05, 0) is 0 Å². The molecule has 0 unspecified atom stereocenters. The highest BCUT2D eigenvalue weighted by Crippen LogP contribution is 2.39. The van der Waals surface area contributed by atoms with Crippen molar-refractivity contribution in [3.8, 4) is 5.88 Å². The summed E-state index contributed by atoms with van der Waals surface area (Å²) < 4.78 is 49.7. The Kier molecular flexibility index (Phi) is 3.74. The van der Waals surface area contributed by atoms with Gasteiger partial charge < -0.3 is 14.4 Å². The van der Waals surface area contributed by atoms with Gasteiger partial charge in [-0.15, -0.1) is 0 Å². The van der Waals surface area contributed by atoms with Crippen molar-refractivity contribution >= 4 is 38.2 Å². The van der Waals surface area contributed by atoms with Crippen molar-refractivity contribution in [2.45, 2.75) is 11.2 Å². The number of rotatable bonds is 1. The Morgan fingerprint density at radius 1 is 1.24 bits per heavy atom. The molecule has 0 bridgehead atoms. The summed E-state index contributed by atoms with van der Waals surface area (Å²) in [5, 5.41) is -0.721. The Morgan fingerprint density at radius 2 is 2.00 bits per heavy atom. The number of pyridine rings is 1. The molecule has 0 spiro atoms. The first kappa shape index (κ1) is 16.7. The van der Waals surface area contributed by atoms with Gasteiger partial charge in [-0.3, -0.25) is 0 Å². The highest BCUT2D eigenvalue weighted by molar-refractivity contribution is 7.90. The maximum Gasteiger partial charge on any atom is 0.249 e. The van der Waals surface area contributed by atoms with Gasteiger partial charge in [-0.25, -0.2) is 22.8 Å². The van der Waals surface area contributed by atoms with E-state index < -0.39 is 26.0 Å². The fraction of sp³-hybridized carbons (Fsp3) is 0.500. The molecular weight excluding hydrogens is 375 g/mol. The Morgan fingerprint density at radius 3 is 2.72 bits per heavy atom. The van der Waals surface area contributed by atoms with Crippen LogP contribution in [0.15, 0.2) is 5.16 Å². The first-order valence-corrected chi connectivity index (χ1v) is 9.74. The molecule has 134 valence electrons. The summed E-state index contributed by atoms with van der Waals surface area (Å²) in [6.07, 6.45) is 0.962. The number of sulfone groups is 1. The highest BCUT2D eigenvalue weighted by Gasteiger charge is 2.37. The van der Waals surface area contributed by atoms with Crippen LogP contribution in [0.2, 0.25) is 5.15 Å². The number of halogens is 2. The molecule has 2 aromatic rings. The summed E-state index contributed by atoms with van der Waals surface area (Å²) >= 11 is 5.84. The Bertz CT molecular complexity index is 987.